The number of aliphatic hydroxyl groups is 3. The second-order valence-corrected chi connectivity index (χ2v) is 6.19. The highest BCUT2D eigenvalue weighted by atomic mass is 16.6. The predicted molar refractivity (Wildman–Crippen MR) is 70.3 cm³/mol. The van der Waals surface area contributed by atoms with Gasteiger partial charge in [0.2, 0.25) is 0 Å². The van der Waals surface area contributed by atoms with Gasteiger partial charge in [-0.15, -0.1) is 0 Å². The van der Waals surface area contributed by atoms with E-state index in [0.29, 0.717) is 11.1 Å². The van der Waals surface area contributed by atoms with Crippen LogP contribution in [0.3, 0.4) is 0 Å². The van der Waals surface area contributed by atoms with E-state index in [9.17, 15) is 20.1 Å². The minimum absolute atomic E-state index is 0.0224. The van der Waals surface area contributed by atoms with E-state index in [2.05, 4.69) is 0 Å². The first-order valence-corrected chi connectivity index (χ1v) is 6.67. The minimum atomic E-state index is -1.78. The number of carbonyl (C=O) groups is 1. The fourth-order valence-electron chi connectivity index (χ4n) is 3.07. The van der Waals surface area contributed by atoms with E-state index in [-0.39, 0.29) is 6.42 Å². The molecule has 1 heterocycles. The zero-order valence-electron chi connectivity index (χ0n) is 11.4. The van der Waals surface area contributed by atoms with Crippen LogP contribution in [0.5, 0.6) is 0 Å². The molecule has 1 aromatic carbocycles. The van der Waals surface area contributed by atoms with Gasteiger partial charge < -0.3 is 20.1 Å². The zero-order valence-corrected chi connectivity index (χ0v) is 11.4. The second-order valence-electron chi connectivity index (χ2n) is 6.19. The fourth-order valence-corrected chi connectivity index (χ4v) is 3.07. The molecular formula is C15H18O5. The summed E-state index contributed by atoms with van der Waals surface area (Å²) in [7, 11) is 0. The normalized spacial score (nSPS) is 36.6. The standard InChI is InChI=1S/C15H18O5/c1-14(2,18)10-7-15(19)12(17)9-6-4-3-5-8(9)11(16)13(15)20-10/h3-6,10-11,13,16,18-19H,7H2,1-2H3/t10-,11+,13+,15-/m0/s1. The summed E-state index contributed by atoms with van der Waals surface area (Å²) in [4.78, 5) is 12.5. The van der Waals surface area contributed by atoms with Crippen LogP contribution in [0.2, 0.25) is 0 Å². The number of fused-ring (bicyclic) bond motifs is 2. The van der Waals surface area contributed by atoms with Crippen LogP contribution in [0, 0.1) is 0 Å². The number of aliphatic hydroxyl groups excluding tert-OH is 1. The molecule has 1 saturated heterocycles. The van der Waals surface area contributed by atoms with E-state index in [0.717, 1.165) is 0 Å². The number of hydrogen-bond donors (Lipinski definition) is 3. The molecule has 0 unspecified atom stereocenters. The molecular weight excluding hydrogens is 260 g/mol. The number of rotatable bonds is 1. The Bertz CT molecular complexity index is 562. The SMILES string of the molecule is CC(C)(O)[C@@H]1C[C@]2(O)C(=O)c3ccccc3[C@@H](O)[C@H]2O1. The van der Waals surface area contributed by atoms with Crippen LogP contribution in [0.15, 0.2) is 24.3 Å². The van der Waals surface area contributed by atoms with E-state index in [1.54, 1.807) is 38.1 Å². The topological polar surface area (TPSA) is 87.0 Å². The number of hydrogen-bond acceptors (Lipinski definition) is 5. The van der Waals surface area contributed by atoms with Crippen molar-refractivity contribution in [1.82, 2.24) is 0 Å². The molecule has 108 valence electrons. The molecule has 20 heavy (non-hydrogen) atoms. The molecule has 3 N–H and O–H groups in total. The molecule has 1 aliphatic heterocycles. The Balaban J connectivity index is 2.07. The van der Waals surface area contributed by atoms with Gasteiger partial charge in [-0.1, -0.05) is 24.3 Å². The van der Waals surface area contributed by atoms with Crippen molar-refractivity contribution < 1.29 is 24.9 Å². The van der Waals surface area contributed by atoms with E-state index in [1.807, 2.05) is 0 Å². The average molecular weight is 278 g/mol. The maximum Gasteiger partial charge on any atom is 0.197 e. The molecule has 0 bridgehead atoms. The van der Waals surface area contributed by atoms with Gasteiger partial charge in [0, 0.05) is 12.0 Å². The van der Waals surface area contributed by atoms with Gasteiger partial charge in [0.1, 0.15) is 12.2 Å². The van der Waals surface area contributed by atoms with Crippen LogP contribution in [0.4, 0.5) is 0 Å². The Morgan fingerprint density at radius 2 is 2.00 bits per heavy atom. The number of benzene rings is 1. The van der Waals surface area contributed by atoms with Gasteiger partial charge in [-0.2, -0.15) is 0 Å². The van der Waals surface area contributed by atoms with Gasteiger partial charge >= 0.3 is 0 Å². The summed E-state index contributed by atoms with van der Waals surface area (Å²) in [5, 5.41) is 31.1. The highest BCUT2D eigenvalue weighted by Gasteiger charge is 2.61. The summed E-state index contributed by atoms with van der Waals surface area (Å²) in [6, 6.07) is 6.66. The highest BCUT2D eigenvalue weighted by molar-refractivity contribution is 6.05. The van der Waals surface area contributed by atoms with E-state index >= 15 is 0 Å². The summed E-state index contributed by atoms with van der Waals surface area (Å²) in [6.07, 6.45) is -2.85. The third kappa shape index (κ3) is 1.74. The van der Waals surface area contributed by atoms with Crippen LogP contribution in [0.25, 0.3) is 0 Å². The van der Waals surface area contributed by atoms with Crippen molar-refractivity contribution in [1.29, 1.82) is 0 Å². The molecule has 1 aromatic rings. The lowest BCUT2D eigenvalue weighted by atomic mass is 9.74. The van der Waals surface area contributed by atoms with Crippen molar-refractivity contribution in [2.75, 3.05) is 0 Å². The van der Waals surface area contributed by atoms with E-state index in [4.69, 9.17) is 4.74 Å². The van der Waals surface area contributed by atoms with Crippen molar-refractivity contribution in [3.8, 4) is 0 Å². The molecule has 0 spiro atoms. The van der Waals surface area contributed by atoms with Crippen LogP contribution in [-0.4, -0.2) is 44.5 Å². The Labute approximate surface area is 116 Å². The Morgan fingerprint density at radius 1 is 1.35 bits per heavy atom. The van der Waals surface area contributed by atoms with Crippen molar-refractivity contribution >= 4 is 5.78 Å². The maximum absolute atomic E-state index is 12.5. The molecule has 5 nitrogen and oxygen atoms in total. The summed E-state index contributed by atoms with van der Waals surface area (Å²) in [6.45, 7) is 3.12. The Kier molecular flexibility index (Phi) is 2.82. The predicted octanol–water partition coefficient (Wildman–Crippen LogP) is 0.576. The van der Waals surface area contributed by atoms with E-state index in [1.165, 1.54) is 0 Å². The van der Waals surface area contributed by atoms with Gasteiger partial charge in [0.05, 0.1) is 11.7 Å². The molecule has 0 amide bonds. The van der Waals surface area contributed by atoms with Crippen molar-refractivity contribution in [3.63, 3.8) is 0 Å². The molecule has 2 aliphatic rings. The third-order valence-corrected chi connectivity index (χ3v) is 4.27. The minimum Gasteiger partial charge on any atom is -0.388 e. The fraction of sp³-hybridized carbons (Fsp3) is 0.533. The summed E-state index contributed by atoms with van der Waals surface area (Å²) < 4.78 is 5.60. The van der Waals surface area contributed by atoms with Crippen LogP contribution in [0.1, 0.15) is 42.3 Å². The third-order valence-electron chi connectivity index (χ3n) is 4.27. The summed E-state index contributed by atoms with van der Waals surface area (Å²) >= 11 is 0. The molecule has 0 radical (unpaired) electrons. The Morgan fingerprint density at radius 3 is 2.65 bits per heavy atom. The maximum atomic E-state index is 12.5. The Hall–Kier alpha value is -1.27. The summed E-state index contributed by atoms with van der Waals surface area (Å²) in [5.74, 6) is -0.449. The molecule has 5 heteroatoms. The zero-order chi connectivity index (χ0) is 14.7. The quantitative estimate of drug-likeness (QED) is 0.699. The number of carbonyl (C=O) groups excluding carboxylic acids is 1. The van der Waals surface area contributed by atoms with Crippen LogP contribution < -0.4 is 0 Å². The van der Waals surface area contributed by atoms with Gasteiger partial charge in [-0.25, -0.2) is 0 Å². The van der Waals surface area contributed by atoms with Crippen molar-refractivity contribution in [2.45, 2.75) is 49.8 Å². The molecule has 1 aliphatic carbocycles. The van der Waals surface area contributed by atoms with Gasteiger partial charge in [-0.05, 0) is 19.4 Å². The first-order chi connectivity index (χ1) is 9.25. The molecule has 0 aromatic heterocycles. The smallest absolute Gasteiger partial charge is 0.197 e. The lowest BCUT2D eigenvalue weighted by molar-refractivity contribution is -0.130. The highest BCUT2D eigenvalue weighted by Crippen LogP contribution is 2.47. The van der Waals surface area contributed by atoms with Crippen molar-refractivity contribution in [3.05, 3.63) is 35.4 Å². The largest absolute Gasteiger partial charge is 0.388 e. The van der Waals surface area contributed by atoms with Gasteiger partial charge in [0.15, 0.2) is 11.4 Å². The molecule has 3 rings (SSSR count). The average Bonchev–Trinajstić information content (AvgIpc) is 2.76. The monoisotopic (exact) mass is 278 g/mol. The first kappa shape index (κ1) is 13.7. The lowest BCUT2D eigenvalue weighted by Gasteiger charge is -2.36. The lowest BCUT2D eigenvalue weighted by Crippen LogP contribution is -2.52. The molecule has 4 atom stereocenters. The molecule has 1 fully saturated rings. The number of ketones is 1. The number of ether oxygens (including phenoxy) is 1. The van der Waals surface area contributed by atoms with Crippen molar-refractivity contribution in [2.24, 2.45) is 0 Å². The van der Waals surface area contributed by atoms with Gasteiger partial charge in [0.25, 0.3) is 0 Å². The second kappa shape index (κ2) is 4.11. The number of Topliss-reactive ketones (excluding diaryl/α,β-unsaturated/α-hetero) is 1. The van der Waals surface area contributed by atoms with Crippen LogP contribution >= 0.6 is 0 Å². The first-order valence-electron chi connectivity index (χ1n) is 6.67. The van der Waals surface area contributed by atoms with Gasteiger partial charge in [-0.3, -0.25) is 4.79 Å². The molecule has 0 saturated carbocycles. The summed E-state index contributed by atoms with van der Waals surface area (Å²) in [5.41, 5.74) is -2.19. The van der Waals surface area contributed by atoms with Crippen LogP contribution in [-0.2, 0) is 4.74 Å². The van der Waals surface area contributed by atoms with E-state index < -0.39 is 35.3 Å².